The Hall–Kier alpha value is -3.96. The quantitative estimate of drug-likeness (QED) is 0.626. The van der Waals surface area contributed by atoms with Crippen LogP contribution < -0.4 is 10.4 Å². The highest BCUT2D eigenvalue weighted by molar-refractivity contribution is 6.40. The number of aromatic amines is 2. The third kappa shape index (κ3) is 4.11. The first-order chi connectivity index (χ1) is 15.2. The van der Waals surface area contributed by atoms with Crippen molar-refractivity contribution in [2.45, 2.75) is 31.4 Å². The molecule has 2 aliphatic heterocycles. The molecule has 1 fully saturated rings. The monoisotopic (exact) mass is 445 g/mol. The summed E-state index contributed by atoms with van der Waals surface area (Å²) in [6.45, 7) is 0. The first-order valence-corrected chi connectivity index (χ1v) is 9.67. The lowest BCUT2D eigenvalue weighted by molar-refractivity contribution is -0.474. The second-order valence-corrected chi connectivity index (χ2v) is 7.39. The maximum atomic E-state index is 12.6. The van der Waals surface area contributed by atoms with Crippen molar-refractivity contribution >= 4 is 30.1 Å². The number of nitrogens with zero attached hydrogens (tertiary/aromatic N) is 4. The molecule has 1 unspecified atom stereocenters. The van der Waals surface area contributed by atoms with Crippen molar-refractivity contribution in [2.75, 3.05) is 0 Å². The van der Waals surface area contributed by atoms with E-state index in [1.165, 1.54) is 24.3 Å². The van der Waals surface area contributed by atoms with Gasteiger partial charge in [0.05, 0.1) is 6.04 Å². The number of amidine groups is 1. The Bertz CT molecular complexity index is 1290. The van der Waals surface area contributed by atoms with Crippen LogP contribution >= 0.6 is 0 Å². The number of hydrogen-bond donors (Lipinski definition) is 3. The highest BCUT2D eigenvalue weighted by atomic mass is 19.4. The van der Waals surface area contributed by atoms with Crippen LogP contribution in [0.25, 0.3) is 6.08 Å². The topological polar surface area (TPSA) is 118 Å². The number of nitrogens with one attached hydrogen (secondary N) is 2. The standard InChI is InChI=1S/C20H15F3N6O3/c21-20(22,23)32-13-3-1-2-10(6-13)15-9-29-12(7-14-18(30)28-19(31)27-14)8-24-17(29)16(26-15)25-11-4-5-11/h1-3,6-9,11,17H,4-5H2,(H2,25,26,28,30,31)/p+1. The molecule has 1 aromatic carbocycles. The molecule has 3 N–H and O–H groups in total. The summed E-state index contributed by atoms with van der Waals surface area (Å²) in [7, 11) is 0. The Labute approximate surface area is 178 Å². The van der Waals surface area contributed by atoms with Gasteiger partial charge in [0.1, 0.15) is 23.4 Å². The van der Waals surface area contributed by atoms with Gasteiger partial charge in [0.15, 0.2) is 6.21 Å². The molecule has 0 bridgehead atoms. The third-order valence-corrected chi connectivity index (χ3v) is 4.89. The van der Waals surface area contributed by atoms with Crippen molar-refractivity contribution in [3.05, 3.63) is 51.7 Å². The predicted molar refractivity (Wildman–Crippen MR) is 110 cm³/mol. The average molecular weight is 445 g/mol. The van der Waals surface area contributed by atoms with Crippen LogP contribution in [0.5, 0.6) is 11.6 Å². The molecule has 0 amide bonds. The normalized spacial score (nSPS) is 22.8. The molecule has 2 aromatic rings. The number of aromatic hydroxyl groups is 1. The van der Waals surface area contributed by atoms with Crippen LogP contribution in [0.2, 0.25) is 0 Å². The van der Waals surface area contributed by atoms with Gasteiger partial charge in [0.2, 0.25) is 17.4 Å². The van der Waals surface area contributed by atoms with Gasteiger partial charge in [-0.2, -0.15) is 4.58 Å². The molecule has 0 saturated heterocycles. The van der Waals surface area contributed by atoms with E-state index in [0.717, 1.165) is 12.8 Å². The molecule has 5 rings (SSSR count). The second-order valence-electron chi connectivity index (χ2n) is 7.39. The summed E-state index contributed by atoms with van der Waals surface area (Å²) in [5, 5.41) is 9.86. The van der Waals surface area contributed by atoms with Gasteiger partial charge in [-0.1, -0.05) is 12.1 Å². The lowest BCUT2D eigenvalue weighted by Crippen LogP contribution is -2.35. The van der Waals surface area contributed by atoms with Gasteiger partial charge < -0.3 is 14.8 Å². The maximum absolute atomic E-state index is 12.6. The number of H-pyrrole nitrogens is 2. The number of halogens is 3. The number of aromatic nitrogens is 2. The molecule has 9 nitrogen and oxygen atoms in total. The number of rotatable bonds is 4. The number of alkyl halides is 3. The largest absolute Gasteiger partial charge is 0.573 e. The van der Waals surface area contributed by atoms with Crippen molar-refractivity contribution in [1.29, 1.82) is 0 Å². The fourth-order valence-corrected chi connectivity index (χ4v) is 3.33. The van der Waals surface area contributed by atoms with E-state index < -0.39 is 18.2 Å². The van der Waals surface area contributed by atoms with Gasteiger partial charge in [-0.25, -0.2) is 14.8 Å². The summed E-state index contributed by atoms with van der Waals surface area (Å²) in [6.07, 6.45) is 1.21. The lowest BCUT2D eigenvalue weighted by Gasteiger charge is -2.14. The molecule has 1 saturated carbocycles. The number of ether oxygens (including phenoxy) is 1. The van der Waals surface area contributed by atoms with Gasteiger partial charge in [0.25, 0.3) is 0 Å². The van der Waals surface area contributed by atoms with E-state index in [1.54, 1.807) is 23.1 Å². The molecule has 1 aliphatic carbocycles. The van der Waals surface area contributed by atoms with Crippen molar-refractivity contribution in [2.24, 2.45) is 15.0 Å². The summed E-state index contributed by atoms with van der Waals surface area (Å²) >= 11 is 0. The smallest absolute Gasteiger partial charge is 0.493 e. The Kier molecular flexibility index (Phi) is 4.57. The van der Waals surface area contributed by atoms with Crippen LogP contribution in [-0.2, 0) is 0 Å². The van der Waals surface area contributed by atoms with Crippen LogP contribution in [0, 0.1) is 0 Å². The number of allylic oxidation sites excluding steroid dienone is 1. The summed E-state index contributed by atoms with van der Waals surface area (Å²) in [4.78, 5) is 29.7. The van der Waals surface area contributed by atoms with Gasteiger partial charge in [-0.05, 0) is 25.0 Å². The number of imidazole rings is 1. The van der Waals surface area contributed by atoms with Gasteiger partial charge in [-0.15, -0.1) is 13.2 Å². The Morgan fingerprint density at radius 1 is 1.28 bits per heavy atom. The number of benzene rings is 1. The first kappa shape index (κ1) is 20.0. The van der Waals surface area contributed by atoms with Crippen LogP contribution in [0.15, 0.2) is 49.7 Å². The Morgan fingerprint density at radius 3 is 2.78 bits per heavy atom. The summed E-state index contributed by atoms with van der Waals surface area (Å²) in [5.74, 6) is -0.259. The van der Waals surface area contributed by atoms with E-state index in [4.69, 9.17) is 0 Å². The molecule has 3 aliphatic rings. The average Bonchev–Trinajstić information content (AvgIpc) is 3.35. The van der Waals surface area contributed by atoms with E-state index in [1.807, 2.05) is 0 Å². The zero-order chi connectivity index (χ0) is 22.5. The number of aliphatic imine (C=N–C) groups is 3. The van der Waals surface area contributed by atoms with Crippen LogP contribution in [0.4, 0.5) is 13.2 Å². The van der Waals surface area contributed by atoms with Crippen LogP contribution in [0.3, 0.4) is 0 Å². The van der Waals surface area contributed by atoms with E-state index in [9.17, 15) is 23.1 Å². The SMILES string of the molecule is O=c1[nH]c(O)c(C=C2C=NC3C(=NC4CC4)N=C(c4cccc(OC(F)(F)F)c4)C=[N+]23)[nH]1. The molecule has 0 spiro atoms. The van der Waals surface area contributed by atoms with Crippen molar-refractivity contribution < 1.29 is 27.6 Å². The van der Waals surface area contributed by atoms with Crippen molar-refractivity contribution in [3.63, 3.8) is 0 Å². The zero-order valence-electron chi connectivity index (χ0n) is 16.3. The lowest BCUT2D eigenvalue weighted by atomic mass is 10.1. The van der Waals surface area contributed by atoms with E-state index in [-0.39, 0.29) is 23.4 Å². The summed E-state index contributed by atoms with van der Waals surface area (Å²) < 4.78 is 43.7. The van der Waals surface area contributed by atoms with Gasteiger partial charge in [0, 0.05) is 11.6 Å². The minimum absolute atomic E-state index is 0.142. The summed E-state index contributed by atoms with van der Waals surface area (Å²) in [6, 6.07) is 5.65. The van der Waals surface area contributed by atoms with Gasteiger partial charge in [-0.3, -0.25) is 9.98 Å². The molecule has 12 heteroatoms. The van der Waals surface area contributed by atoms with Crippen LogP contribution in [-0.4, -0.2) is 62.2 Å². The molecule has 3 heterocycles. The number of hydrogen-bond acceptors (Lipinski definition) is 5. The highest BCUT2D eigenvalue weighted by Gasteiger charge is 2.40. The zero-order valence-corrected chi connectivity index (χ0v) is 16.3. The highest BCUT2D eigenvalue weighted by Crippen LogP contribution is 2.28. The molecule has 32 heavy (non-hydrogen) atoms. The fourth-order valence-electron chi connectivity index (χ4n) is 3.33. The molecular weight excluding hydrogens is 429 g/mol. The molecule has 1 atom stereocenters. The minimum Gasteiger partial charge on any atom is -0.493 e. The van der Waals surface area contributed by atoms with Crippen molar-refractivity contribution in [3.8, 4) is 11.6 Å². The number of fused-ring (bicyclic) bond motifs is 1. The predicted octanol–water partition coefficient (Wildman–Crippen LogP) is 2.21. The Morgan fingerprint density at radius 2 is 2.09 bits per heavy atom. The maximum Gasteiger partial charge on any atom is 0.573 e. The summed E-state index contributed by atoms with van der Waals surface area (Å²) in [5.41, 5.74) is 0.896. The molecule has 164 valence electrons. The Balaban J connectivity index is 1.56. The first-order valence-electron chi connectivity index (χ1n) is 9.67. The van der Waals surface area contributed by atoms with E-state index in [2.05, 4.69) is 29.7 Å². The molecule has 1 aromatic heterocycles. The second kappa shape index (κ2) is 7.32. The fraction of sp³-hybridized carbons (Fsp3) is 0.250. The molecular formula is C20H16F3N6O3+. The van der Waals surface area contributed by atoms with Crippen LogP contribution in [0.1, 0.15) is 24.1 Å². The van der Waals surface area contributed by atoms with Gasteiger partial charge >= 0.3 is 18.2 Å². The third-order valence-electron chi connectivity index (χ3n) is 4.89. The minimum atomic E-state index is -4.81. The van der Waals surface area contributed by atoms with Crippen molar-refractivity contribution in [1.82, 2.24) is 9.97 Å². The van der Waals surface area contributed by atoms with E-state index >= 15 is 0 Å². The molecule has 0 radical (unpaired) electrons. The van der Waals surface area contributed by atoms with E-state index in [0.29, 0.717) is 22.8 Å².